The van der Waals surface area contributed by atoms with Crippen molar-refractivity contribution in [3.63, 3.8) is 0 Å². The molecule has 1 amide bonds. The van der Waals surface area contributed by atoms with E-state index in [0.29, 0.717) is 43.2 Å². The number of carbonyl (C=O) groups is 1. The number of nitrogens with one attached hydrogen (secondary N) is 1. The van der Waals surface area contributed by atoms with Crippen LogP contribution in [0, 0.1) is 6.92 Å². The summed E-state index contributed by atoms with van der Waals surface area (Å²) in [5.41, 5.74) is 9.68. The Balaban J connectivity index is 1.27. The van der Waals surface area contributed by atoms with Gasteiger partial charge in [-0.3, -0.25) is 4.79 Å². The van der Waals surface area contributed by atoms with E-state index in [4.69, 9.17) is 15.2 Å². The third-order valence-electron chi connectivity index (χ3n) is 6.58. The zero-order chi connectivity index (χ0) is 24.7. The van der Waals surface area contributed by atoms with Crippen LogP contribution in [0.2, 0.25) is 0 Å². The molecular weight excluding hydrogens is 464 g/mol. The zero-order valence-corrected chi connectivity index (χ0v) is 21.1. The highest BCUT2D eigenvalue weighted by Gasteiger charge is 2.32. The van der Waals surface area contributed by atoms with Gasteiger partial charge in [0.25, 0.3) is 5.91 Å². The Kier molecular flexibility index (Phi) is 6.57. The number of aliphatic hydroxyl groups is 1. The third kappa shape index (κ3) is 4.94. The highest BCUT2D eigenvalue weighted by Crippen LogP contribution is 2.35. The second-order valence-corrected chi connectivity index (χ2v) is 10.7. The number of pyridine rings is 1. The number of carbonyl (C=O) groups excluding carboxylic acids is 1. The molecule has 2 aliphatic heterocycles. The Bertz CT molecular complexity index is 1240. The average molecular weight is 497 g/mol. The van der Waals surface area contributed by atoms with E-state index in [1.807, 2.05) is 39.0 Å². The first-order chi connectivity index (χ1) is 16.8. The van der Waals surface area contributed by atoms with Crippen molar-refractivity contribution in [1.29, 1.82) is 0 Å². The van der Waals surface area contributed by atoms with Gasteiger partial charge in [0, 0.05) is 29.4 Å². The number of anilines is 2. The lowest BCUT2D eigenvalue weighted by molar-refractivity contribution is 0.0656. The van der Waals surface area contributed by atoms with Gasteiger partial charge in [-0.25, -0.2) is 4.98 Å². The molecule has 5 rings (SSSR count). The van der Waals surface area contributed by atoms with Gasteiger partial charge in [-0.1, -0.05) is 6.07 Å². The van der Waals surface area contributed by atoms with Crippen LogP contribution in [0.3, 0.4) is 0 Å². The maximum Gasteiger partial charge on any atom is 0.263 e. The number of ether oxygens (including phenoxy) is 2. The van der Waals surface area contributed by atoms with Crippen molar-refractivity contribution >= 4 is 38.8 Å². The van der Waals surface area contributed by atoms with Gasteiger partial charge in [0.15, 0.2) is 0 Å². The molecule has 9 heteroatoms. The summed E-state index contributed by atoms with van der Waals surface area (Å²) in [7, 11) is 0. The van der Waals surface area contributed by atoms with Gasteiger partial charge in [0.1, 0.15) is 22.1 Å². The molecule has 1 aromatic carbocycles. The average Bonchev–Trinajstić information content (AvgIpc) is 3.36. The maximum absolute atomic E-state index is 13.0. The summed E-state index contributed by atoms with van der Waals surface area (Å²) in [6.07, 6.45) is 1.14. The minimum Gasteiger partial charge on any atom is -0.491 e. The quantitative estimate of drug-likeness (QED) is 0.480. The van der Waals surface area contributed by atoms with Crippen molar-refractivity contribution in [1.82, 2.24) is 10.3 Å². The Hall–Kier alpha value is -2.88. The third-order valence-corrected chi connectivity index (χ3v) is 7.69. The van der Waals surface area contributed by atoms with Crippen LogP contribution in [0.15, 0.2) is 30.3 Å². The summed E-state index contributed by atoms with van der Waals surface area (Å²) < 4.78 is 11.9. The lowest BCUT2D eigenvalue weighted by Crippen LogP contribution is -2.42. The van der Waals surface area contributed by atoms with E-state index in [0.717, 1.165) is 32.9 Å². The minimum absolute atomic E-state index is 0.131. The molecule has 3 atom stereocenters. The molecule has 35 heavy (non-hydrogen) atoms. The molecule has 0 bridgehead atoms. The van der Waals surface area contributed by atoms with Gasteiger partial charge in [-0.2, -0.15) is 0 Å². The topological polar surface area (TPSA) is 110 Å². The standard InChI is InChI=1S/C26H32N4O4S/c1-14(2)33-13-19-9-20(31)11-30(19)18-6-5-16-8-17(12-34-22(16)10-18)29-25(32)24-23(27)21-7-4-15(3)28-26(21)35-24/h4-7,10,14,17,19-20,31H,8-9,11-13,27H2,1-3H3,(H,29,32)/t17-,19+,20?/m1/s1. The molecule has 0 saturated carbocycles. The molecule has 0 radical (unpaired) electrons. The molecular formula is C26H32N4O4S. The second kappa shape index (κ2) is 9.64. The normalized spacial score (nSPS) is 21.9. The molecule has 8 nitrogen and oxygen atoms in total. The van der Waals surface area contributed by atoms with E-state index in [1.54, 1.807) is 0 Å². The van der Waals surface area contributed by atoms with E-state index < -0.39 is 0 Å². The van der Waals surface area contributed by atoms with Crippen molar-refractivity contribution in [2.24, 2.45) is 0 Å². The fourth-order valence-electron chi connectivity index (χ4n) is 4.81. The number of fused-ring (bicyclic) bond motifs is 2. The van der Waals surface area contributed by atoms with Crippen LogP contribution in [0.4, 0.5) is 11.4 Å². The lowest BCUT2D eigenvalue weighted by atomic mass is 10.0. The van der Waals surface area contributed by atoms with Gasteiger partial charge in [0.2, 0.25) is 0 Å². The van der Waals surface area contributed by atoms with E-state index in [2.05, 4.69) is 27.3 Å². The van der Waals surface area contributed by atoms with Crippen LogP contribution in [-0.2, 0) is 11.2 Å². The summed E-state index contributed by atoms with van der Waals surface area (Å²) in [4.78, 5) is 21.0. The highest BCUT2D eigenvalue weighted by atomic mass is 32.1. The number of nitrogens with two attached hydrogens (primary N) is 1. The molecule has 186 valence electrons. The predicted octanol–water partition coefficient (Wildman–Crippen LogP) is 3.29. The first-order valence-electron chi connectivity index (χ1n) is 12.1. The van der Waals surface area contributed by atoms with Crippen LogP contribution in [0.5, 0.6) is 5.75 Å². The van der Waals surface area contributed by atoms with Gasteiger partial charge < -0.3 is 30.5 Å². The number of nitrogens with zero attached hydrogens (tertiary/aromatic N) is 2. The number of hydrogen-bond donors (Lipinski definition) is 3. The lowest BCUT2D eigenvalue weighted by Gasteiger charge is -2.30. The largest absolute Gasteiger partial charge is 0.491 e. The van der Waals surface area contributed by atoms with E-state index in [1.165, 1.54) is 11.3 Å². The number of amides is 1. The molecule has 1 unspecified atom stereocenters. The fraction of sp³-hybridized carbons (Fsp3) is 0.462. The van der Waals surface area contributed by atoms with Crippen molar-refractivity contribution < 1.29 is 19.4 Å². The number of hydrogen-bond acceptors (Lipinski definition) is 8. The summed E-state index contributed by atoms with van der Waals surface area (Å²) in [6.45, 7) is 7.50. The van der Waals surface area contributed by atoms with Gasteiger partial charge in [-0.05, 0) is 57.4 Å². The number of thiophene rings is 1. The number of nitrogen functional groups attached to an aromatic ring is 1. The molecule has 2 aliphatic rings. The van der Waals surface area contributed by atoms with Gasteiger partial charge >= 0.3 is 0 Å². The van der Waals surface area contributed by atoms with Crippen LogP contribution >= 0.6 is 11.3 Å². The molecule has 4 heterocycles. The van der Waals surface area contributed by atoms with E-state index in [-0.39, 0.29) is 30.2 Å². The molecule has 0 spiro atoms. The van der Waals surface area contributed by atoms with Crippen LogP contribution in [0.1, 0.15) is 41.2 Å². The van der Waals surface area contributed by atoms with Crippen LogP contribution < -0.4 is 20.7 Å². The first-order valence-corrected chi connectivity index (χ1v) is 12.9. The van der Waals surface area contributed by atoms with E-state index in [9.17, 15) is 9.90 Å². The molecule has 2 aromatic heterocycles. The summed E-state index contributed by atoms with van der Waals surface area (Å²) in [6, 6.07) is 9.93. The summed E-state index contributed by atoms with van der Waals surface area (Å²) in [5.74, 6) is 0.620. The molecule has 4 N–H and O–H groups in total. The predicted molar refractivity (Wildman–Crippen MR) is 139 cm³/mol. The van der Waals surface area contributed by atoms with Gasteiger partial charge in [0.05, 0.1) is 36.6 Å². The number of aromatic nitrogens is 1. The SMILES string of the molecule is Cc1ccc2c(N)c(C(=O)N[C@H]3COc4cc(N5CC(O)C[C@H]5COC(C)C)ccc4C3)sc2n1. The molecule has 3 aromatic rings. The molecule has 1 fully saturated rings. The monoisotopic (exact) mass is 496 g/mol. The smallest absolute Gasteiger partial charge is 0.263 e. The Morgan fingerprint density at radius 1 is 1.37 bits per heavy atom. The summed E-state index contributed by atoms with van der Waals surface area (Å²) in [5, 5.41) is 14.1. The van der Waals surface area contributed by atoms with Crippen molar-refractivity contribution in [3.8, 4) is 5.75 Å². The summed E-state index contributed by atoms with van der Waals surface area (Å²) >= 11 is 1.32. The zero-order valence-electron chi connectivity index (χ0n) is 20.3. The fourth-order valence-corrected chi connectivity index (χ4v) is 5.85. The van der Waals surface area contributed by atoms with Gasteiger partial charge in [-0.15, -0.1) is 11.3 Å². The maximum atomic E-state index is 13.0. The molecule has 0 aliphatic carbocycles. The minimum atomic E-state index is -0.368. The van der Waals surface area contributed by atoms with Crippen molar-refractivity contribution in [2.45, 2.75) is 57.9 Å². The Morgan fingerprint density at radius 3 is 3.00 bits per heavy atom. The first kappa shape index (κ1) is 23.8. The number of aliphatic hydroxyl groups excluding tert-OH is 1. The second-order valence-electron chi connectivity index (χ2n) is 9.71. The number of benzene rings is 1. The number of aryl methyl sites for hydroxylation is 1. The van der Waals surface area contributed by atoms with Crippen molar-refractivity contribution in [2.75, 3.05) is 30.4 Å². The number of β-amino-alcohol motifs (C(OH)–C–C–N with tert-alkyl or cyclic N) is 1. The van der Waals surface area contributed by atoms with E-state index >= 15 is 0 Å². The molecule has 1 saturated heterocycles. The van der Waals surface area contributed by atoms with Crippen LogP contribution in [0.25, 0.3) is 10.2 Å². The number of rotatable bonds is 6. The Labute approximate surface area is 209 Å². The highest BCUT2D eigenvalue weighted by molar-refractivity contribution is 7.21. The Morgan fingerprint density at radius 2 is 2.20 bits per heavy atom. The van der Waals surface area contributed by atoms with Crippen LogP contribution in [-0.4, -0.2) is 60.0 Å². The van der Waals surface area contributed by atoms with Crippen molar-refractivity contribution in [3.05, 3.63) is 46.5 Å².